The molecule has 1 heterocycles. The van der Waals surface area contributed by atoms with E-state index in [9.17, 15) is 13.2 Å². The van der Waals surface area contributed by atoms with Crippen LogP contribution in [0, 0.1) is 0 Å². The molecule has 1 atom stereocenters. The molecule has 12 heavy (non-hydrogen) atoms. The maximum atomic E-state index is 12.2. The second kappa shape index (κ2) is 2.37. The fraction of sp³-hybridized carbons (Fsp3) is 1.00. The van der Waals surface area contributed by atoms with Gasteiger partial charge in [0.25, 0.3) is 0 Å². The number of nitrogens with one attached hydrogen (secondary N) is 1. The minimum atomic E-state index is -4.05. The molecule has 1 aliphatic heterocycles. The average molecular weight is 179 g/mol. The van der Waals surface area contributed by atoms with E-state index in [-0.39, 0.29) is 12.0 Å². The number of alkyl halides is 3. The van der Waals surface area contributed by atoms with E-state index >= 15 is 0 Å². The van der Waals surface area contributed by atoms with Crippen molar-refractivity contribution in [2.24, 2.45) is 0 Å². The lowest BCUT2D eigenvalue weighted by Gasteiger charge is -2.32. The van der Waals surface area contributed by atoms with Crippen LogP contribution in [0.2, 0.25) is 0 Å². The lowest BCUT2D eigenvalue weighted by molar-refractivity contribution is -0.164. The molecule has 1 saturated heterocycles. The number of piperidine rings is 1. The molecule has 1 unspecified atom stereocenters. The molecule has 0 aromatic carbocycles. The fourth-order valence-corrected chi connectivity index (χ4v) is 1.95. The number of hydrogen-bond acceptors (Lipinski definition) is 1. The minimum absolute atomic E-state index is 0.113. The van der Waals surface area contributed by atoms with E-state index in [0.29, 0.717) is 0 Å². The Kier molecular flexibility index (Phi) is 1.65. The summed E-state index contributed by atoms with van der Waals surface area (Å²) in [7, 11) is 0. The summed E-state index contributed by atoms with van der Waals surface area (Å²) in [5.41, 5.74) is -0.113. The van der Waals surface area contributed by atoms with Crippen molar-refractivity contribution in [2.45, 2.75) is 49.9 Å². The largest absolute Gasteiger partial charge is 0.403 e. The predicted molar refractivity (Wildman–Crippen MR) is 38.8 cm³/mol. The van der Waals surface area contributed by atoms with Crippen molar-refractivity contribution in [1.82, 2.24) is 5.32 Å². The van der Waals surface area contributed by atoms with Gasteiger partial charge in [0.15, 0.2) is 0 Å². The standard InChI is InChI=1S/C8H12F3N/c9-8(10,11)6-2-1-3-7(12-6)4-5-7/h6,12H,1-5H2. The lowest BCUT2D eigenvalue weighted by atomic mass is 9.96. The third-order valence-electron chi connectivity index (χ3n) is 2.88. The van der Waals surface area contributed by atoms with Crippen LogP contribution in [-0.2, 0) is 0 Å². The van der Waals surface area contributed by atoms with Crippen LogP contribution in [0.1, 0.15) is 32.1 Å². The van der Waals surface area contributed by atoms with E-state index in [4.69, 9.17) is 0 Å². The number of halogens is 3. The van der Waals surface area contributed by atoms with Crippen LogP contribution in [0.3, 0.4) is 0 Å². The zero-order valence-electron chi connectivity index (χ0n) is 6.75. The zero-order chi connectivity index (χ0) is 8.82. The maximum absolute atomic E-state index is 12.2. The summed E-state index contributed by atoms with van der Waals surface area (Å²) in [4.78, 5) is 0. The quantitative estimate of drug-likeness (QED) is 0.601. The molecule has 0 amide bonds. The Balaban J connectivity index is 1.99. The van der Waals surface area contributed by atoms with Crippen molar-refractivity contribution in [3.8, 4) is 0 Å². The summed E-state index contributed by atoms with van der Waals surface area (Å²) in [5, 5.41) is 2.72. The Morgan fingerprint density at radius 2 is 1.83 bits per heavy atom. The summed E-state index contributed by atoms with van der Waals surface area (Å²) in [5.74, 6) is 0. The maximum Gasteiger partial charge on any atom is 0.403 e. The van der Waals surface area contributed by atoms with E-state index in [0.717, 1.165) is 25.7 Å². The molecule has 1 nitrogen and oxygen atoms in total. The molecule has 0 radical (unpaired) electrons. The van der Waals surface area contributed by atoms with Gasteiger partial charge in [-0.25, -0.2) is 0 Å². The van der Waals surface area contributed by atoms with E-state index in [1.165, 1.54) is 0 Å². The van der Waals surface area contributed by atoms with Gasteiger partial charge in [-0.1, -0.05) is 0 Å². The van der Waals surface area contributed by atoms with E-state index < -0.39 is 12.2 Å². The minimum Gasteiger partial charge on any atom is -0.301 e. The van der Waals surface area contributed by atoms with Crippen molar-refractivity contribution in [1.29, 1.82) is 0 Å². The van der Waals surface area contributed by atoms with Crippen LogP contribution >= 0.6 is 0 Å². The Labute approximate surface area is 69.3 Å². The van der Waals surface area contributed by atoms with Gasteiger partial charge < -0.3 is 5.32 Å². The molecule has 1 saturated carbocycles. The first kappa shape index (κ1) is 8.35. The van der Waals surface area contributed by atoms with Gasteiger partial charge in [-0.15, -0.1) is 0 Å². The fourth-order valence-electron chi connectivity index (χ4n) is 1.95. The topological polar surface area (TPSA) is 12.0 Å². The Bertz CT molecular complexity index is 183. The van der Waals surface area contributed by atoms with Gasteiger partial charge in [0.1, 0.15) is 6.04 Å². The van der Waals surface area contributed by atoms with Crippen LogP contribution in [0.25, 0.3) is 0 Å². The van der Waals surface area contributed by atoms with Crippen molar-refractivity contribution in [2.75, 3.05) is 0 Å². The molecule has 4 heteroatoms. The zero-order valence-corrected chi connectivity index (χ0v) is 6.75. The van der Waals surface area contributed by atoms with Crippen LogP contribution < -0.4 is 5.32 Å². The molecular formula is C8H12F3N. The van der Waals surface area contributed by atoms with Crippen LogP contribution in [0.5, 0.6) is 0 Å². The summed E-state index contributed by atoms with van der Waals surface area (Å²) in [6.45, 7) is 0. The summed E-state index contributed by atoms with van der Waals surface area (Å²) >= 11 is 0. The lowest BCUT2D eigenvalue weighted by Crippen LogP contribution is -2.51. The van der Waals surface area contributed by atoms with Gasteiger partial charge >= 0.3 is 6.18 Å². The van der Waals surface area contributed by atoms with E-state index in [1.54, 1.807) is 0 Å². The van der Waals surface area contributed by atoms with Gasteiger partial charge in [0.05, 0.1) is 0 Å². The molecule has 2 fully saturated rings. The van der Waals surface area contributed by atoms with Gasteiger partial charge in [-0.2, -0.15) is 13.2 Å². The predicted octanol–water partition coefficient (Wildman–Crippen LogP) is 2.22. The van der Waals surface area contributed by atoms with Gasteiger partial charge in [0, 0.05) is 5.54 Å². The third kappa shape index (κ3) is 1.44. The highest BCUT2D eigenvalue weighted by atomic mass is 19.4. The second-order valence-corrected chi connectivity index (χ2v) is 3.91. The molecule has 1 spiro atoms. The molecule has 0 bridgehead atoms. The number of rotatable bonds is 0. The van der Waals surface area contributed by atoms with Crippen LogP contribution in [-0.4, -0.2) is 17.8 Å². The van der Waals surface area contributed by atoms with Crippen LogP contribution in [0.4, 0.5) is 13.2 Å². The van der Waals surface area contributed by atoms with Crippen molar-refractivity contribution >= 4 is 0 Å². The Morgan fingerprint density at radius 3 is 2.33 bits per heavy atom. The molecule has 1 N–H and O–H groups in total. The summed E-state index contributed by atoms with van der Waals surface area (Å²) in [6, 6.07) is -1.24. The second-order valence-electron chi connectivity index (χ2n) is 3.91. The van der Waals surface area contributed by atoms with Gasteiger partial charge in [-0.3, -0.25) is 0 Å². The third-order valence-corrected chi connectivity index (χ3v) is 2.88. The smallest absolute Gasteiger partial charge is 0.301 e. The van der Waals surface area contributed by atoms with Gasteiger partial charge in [0.2, 0.25) is 0 Å². The first-order valence-corrected chi connectivity index (χ1v) is 4.36. The van der Waals surface area contributed by atoms with Crippen LogP contribution in [0.15, 0.2) is 0 Å². The molecule has 2 aliphatic rings. The molecule has 70 valence electrons. The monoisotopic (exact) mass is 179 g/mol. The van der Waals surface area contributed by atoms with Crippen molar-refractivity contribution in [3.05, 3.63) is 0 Å². The summed E-state index contributed by atoms with van der Waals surface area (Å²) < 4.78 is 36.7. The molecule has 0 aromatic heterocycles. The van der Waals surface area contributed by atoms with E-state index in [1.807, 2.05) is 0 Å². The molecular weight excluding hydrogens is 167 g/mol. The summed E-state index contributed by atoms with van der Waals surface area (Å²) in [6.07, 6.45) is -0.281. The molecule has 2 rings (SSSR count). The molecule has 0 aromatic rings. The Morgan fingerprint density at radius 1 is 1.17 bits per heavy atom. The highest BCUT2D eigenvalue weighted by Crippen LogP contribution is 2.45. The van der Waals surface area contributed by atoms with E-state index in [2.05, 4.69) is 5.32 Å². The highest BCUT2D eigenvalue weighted by molar-refractivity contribution is 5.06. The van der Waals surface area contributed by atoms with Gasteiger partial charge in [-0.05, 0) is 32.1 Å². The van der Waals surface area contributed by atoms with Crippen molar-refractivity contribution < 1.29 is 13.2 Å². The first-order chi connectivity index (χ1) is 5.52. The first-order valence-electron chi connectivity index (χ1n) is 4.36. The average Bonchev–Trinajstić information content (AvgIpc) is 2.68. The van der Waals surface area contributed by atoms with Crippen molar-refractivity contribution in [3.63, 3.8) is 0 Å². The Hall–Kier alpha value is -0.250. The SMILES string of the molecule is FC(F)(F)C1CCCC2(CC2)N1. The highest BCUT2D eigenvalue weighted by Gasteiger charge is 2.52. The molecule has 1 aliphatic carbocycles. The normalized spacial score (nSPS) is 33.8. The number of hydrogen-bond donors (Lipinski definition) is 1.